The van der Waals surface area contributed by atoms with Crippen LogP contribution >= 0.6 is 11.3 Å². The maximum absolute atomic E-state index is 11.7. The van der Waals surface area contributed by atoms with Crippen molar-refractivity contribution in [3.63, 3.8) is 0 Å². The molecule has 0 spiro atoms. The zero-order valence-electron chi connectivity index (χ0n) is 11.2. The Kier molecular flexibility index (Phi) is 4.02. The first-order valence-electron chi connectivity index (χ1n) is 6.85. The van der Waals surface area contributed by atoms with Crippen LogP contribution in [-0.4, -0.2) is 12.5 Å². The first-order chi connectivity index (χ1) is 9.81. The van der Waals surface area contributed by atoms with Crippen molar-refractivity contribution in [2.24, 2.45) is 0 Å². The average Bonchev–Trinajstić information content (AvgIpc) is 3.13. The molecular weight excluding hydrogens is 270 g/mol. The van der Waals surface area contributed by atoms with Crippen molar-refractivity contribution in [1.29, 1.82) is 0 Å². The number of carbonyl (C=O) groups excluding carboxylic acids is 1. The van der Waals surface area contributed by atoms with E-state index in [2.05, 4.69) is 17.4 Å². The third-order valence-corrected chi connectivity index (χ3v) is 4.36. The van der Waals surface area contributed by atoms with Gasteiger partial charge in [-0.15, -0.1) is 11.3 Å². The van der Waals surface area contributed by atoms with Crippen molar-refractivity contribution >= 4 is 17.2 Å². The highest BCUT2D eigenvalue weighted by atomic mass is 32.1. The Morgan fingerprint density at radius 1 is 1.25 bits per heavy atom. The van der Waals surface area contributed by atoms with Crippen LogP contribution in [0, 0.1) is 0 Å². The third kappa shape index (κ3) is 3.20. The largest absolute Gasteiger partial charge is 0.484 e. The number of thiophene rings is 1. The van der Waals surface area contributed by atoms with Crippen molar-refractivity contribution in [2.45, 2.75) is 25.8 Å². The smallest absolute Gasteiger partial charge is 0.258 e. The van der Waals surface area contributed by atoms with Gasteiger partial charge >= 0.3 is 0 Å². The van der Waals surface area contributed by atoms with Gasteiger partial charge < -0.3 is 10.1 Å². The second-order valence-electron chi connectivity index (χ2n) is 4.93. The molecule has 0 atom stereocenters. The quantitative estimate of drug-likeness (QED) is 0.918. The van der Waals surface area contributed by atoms with E-state index in [1.807, 2.05) is 23.6 Å². The Morgan fingerprint density at radius 3 is 3.00 bits per heavy atom. The molecule has 1 heterocycles. The molecule has 1 N–H and O–H groups in total. The number of aryl methyl sites for hydroxylation is 2. The Bertz CT molecular complexity index is 593. The van der Waals surface area contributed by atoms with Crippen molar-refractivity contribution < 1.29 is 9.53 Å². The summed E-state index contributed by atoms with van der Waals surface area (Å²) in [5.41, 5.74) is 2.78. The number of rotatable bonds is 5. The van der Waals surface area contributed by atoms with E-state index in [0.717, 1.165) is 23.5 Å². The molecule has 0 saturated carbocycles. The van der Waals surface area contributed by atoms with Gasteiger partial charge in [-0.05, 0) is 54.0 Å². The molecule has 0 saturated heterocycles. The van der Waals surface area contributed by atoms with E-state index in [1.165, 1.54) is 17.5 Å². The van der Waals surface area contributed by atoms with E-state index in [0.29, 0.717) is 6.54 Å². The molecule has 2 aromatic rings. The molecular formula is C16H17NO2S. The second kappa shape index (κ2) is 6.09. The fourth-order valence-corrected chi connectivity index (χ4v) is 3.08. The monoisotopic (exact) mass is 287 g/mol. The SMILES string of the molecule is O=C(COc1ccc2c(c1)CCC2)NCc1cccs1. The maximum Gasteiger partial charge on any atom is 0.258 e. The van der Waals surface area contributed by atoms with E-state index >= 15 is 0 Å². The Morgan fingerprint density at radius 2 is 2.15 bits per heavy atom. The standard InChI is InChI=1S/C16H17NO2S/c18-16(17-10-15-5-2-8-20-15)11-19-14-7-6-12-3-1-4-13(12)9-14/h2,5-9H,1,3-4,10-11H2,(H,17,18). The van der Waals surface area contributed by atoms with Crippen LogP contribution in [-0.2, 0) is 24.2 Å². The highest BCUT2D eigenvalue weighted by molar-refractivity contribution is 7.09. The highest BCUT2D eigenvalue weighted by Crippen LogP contribution is 2.25. The second-order valence-corrected chi connectivity index (χ2v) is 5.96. The Hall–Kier alpha value is -1.81. The van der Waals surface area contributed by atoms with Crippen LogP contribution in [0.2, 0.25) is 0 Å². The zero-order chi connectivity index (χ0) is 13.8. The molecule has 20 heavy (non-hydrogen) atoms. The summed E-state index contributed by atoms with van der Waals surface area (Å²) in [6.07, 6.45) is 3.51. The predicted octanol–water partition coefficient (Wildman–Crippen LogP) is 2.93. The van der Waals surface area contributed by atoms with Crippen molar-refractivity contribution in [2.75, 3.05) is 6.61 Å². The summed E-state index contributed by atoms with van der Waals surface area (Å²) < 4.78 is 5.55. The van der Waals surface area contributed by atoms with Gasteiger partial charge in [-0.2, -0.15) is 0 Å². The molecule has 1 aromatic heterocycles. The molecule has 1 aliphatic rings. The summed E-state index contributed by atoms with van der Waals surface area (Å²) in [7, 11) is 0. The van der Waals surface area contributed by atoms with Crippen LogP contribution in [0.3, 0.4) is 0 Å². The summed E-state index contributed by atoms with van der Waals surface area (Å²) >= 11 is 1.64. The lowest BCUT2D eigenvalue weighted by Crippen LogP contribution is -2.28. The van der Waals surface area contributed by atoms with Crippen molar-refractivity contribution in [3.8, 4) is 5.75 Å². The summed E-state index contributed by atoms with van der Waals surface area (Å²) in [6, 6.07) is 10.1. The number of fused-ring (bicyclic) bond motifs is 1. The molecule has 1 amide bonds. The van der Waals surface area contributed by atoms with E-state index < -0.39 is 0 Å². The number of hydrogen-bond donors (Lipinski definition) is 1. The molecule has 104 valence electrons. The fourth-order valence-electron chi connectivity index (χ4n) is 2.44. The minimum absolute atomic E-state index is 0.0736. The summed E-state index contributed by atoms with van der Waals surface area (Å²) in [4.78, 5) is 12.9. The molecule has 1 aliphatic carbocycles. The molecule has 0 fully saturated rings. The predicted molar refractivity (Wildman–Crippen MR) is 80.1 cm³/mol. The van der Waals surface area contributed by atoms with Crippen LogP contribution in [0.1, 0.15) is 22.4 Å². The minimum Gasteiger partial charge on any atom is -0.484 e. The first kappa shape index (κ1) is 13.2. The Balaban J connectivity index is 1.48. The number of hydrogen-bond acceptors (Lipinski definition) is 3. The number of amides is 1. The minimum atomic E-state index is -0.0844. The summed E-state index contributed by atoms with van der Waals surface area (Å²) in [6.45, 7) is 0.647. The highest BCUT2D eigenvalue weighted by Gasteiger charge is 2.11. The van der Waals surface area contributed by atoms with Gasteiger partial charge in [0.1, 0.15) is 5.75 Å². The summed E-state index contributed by atoms with van der Waals surface area (Å²) in [5.74, 6) is 0.704. The van der Waals surface area contributed by atoms with Gasteiger partial charge in [0, 0.05) is 4.88 Å². The molecule has 0 bridgehead atoms. The van der Waals surface area contributed by atoms with Gasteiger partial charge in [0.25, 0.3) is 5.91 Å². The lowest BCUT2D eigenvalue weighted by Gasteiger charge is -2.08. The van der Waals surface area contributed by atoms with Crippen LogP contribution < -0.4 is 10.1 Å². The van der Waals surface area contributed by atoms with Crippen molar-refractivity contribution in [3.05, 3.63) is 51.7 Å². The first-order valence-corrected chi connectivity index (χ1v) is 7.73. The molecule has 0 radical (unpaired) electrons. The van der Waals surface area contributed by atoms with E-state index in [1.54, 1.807) is 11.3 Å². The molecule has 3 nitrogen and oxygen atoms in total. The molecule has 3 rings (SSSR count). The normalized spacial score (nSPS) is 13.0. The maximum atomic E-state index is 11.7. The van der Waals surface area contributed by atoms with Crippen LogP contribution in [0.25, 0.3) is 0 Å². The molecule has 0 unspecified atom stereocenters. The number of ether oxygens (including phenoxy) is 1. The van der Waals surface area contributed by atoms with Crippen molar-refractivity contribution in [1.82, 2.24) is 5.32 Å². The Labute approximate surface area is 122 Å². The van der Waals surface area contributed by atoms with Crippen LogP contribution in [0.4, 0.5) is 0 Å². The van der Waals surface area contributed by atoms with Gasteiger partial charge in [0.15, 0.2) is 6.61 Å². The summed E-state index contributed by atoms with van der Waals surface area (Å²) in [5, 5.41) is 4.86. The third-order valence-electron chi connectivity index (χ3n) is 3.48. The lowest BCUT2D eigenvalue weighted by atomic mass is 10.1. The molecule has 0 aliphatic heterocycles. The number of benzene rings is 1. The lowest BCUT2D eigenvalue weighted by molar-refractivity contribution is -0.123. The van der Waals surface area contributed by atoms with Crippen LogP contribution in [0.15, 0.2) is 35.7 Å². The zero-order valence-corrected chi connectivity index (χ0v) is 12.0. The van der Waals surface area contributed by atoms with E-state index in [9.17, 15) is 4.79 Å². The molecule has 4 heteroatoms. The topological polar surface area (TPSA) is 38.3 Å². The van der Waals surface area contributed by atoms with Crippen LogP contribution in [0.5, 0.6) is 5.75 Å². The number of carbonyl (C=O) groups is 1. The fraction of sp³-hybridized carbons (Fsp3) is 0.312. The van der Waals surface area contributed by atoms with Gasteiger partial charge in [-0.25, -0.2) is 0 Å². The molecule has 1 aromatic carbocycles. The van der Waals surface area contributed by atoms with Gasteiger partial charge in [0.05, 0.1) is 6.54 Å². The van der Waals surface area contributed by atoms with Gasteiger partial charge in [-0.3, -0.25) is 4.79 Å². The van der Waals surface area contributed by atoms with E-state index in [4.69, 9.17) is 4.74 Å². The average molecular weight is 287 g/mol. The van der Waals surface area contributed by atoms with Gasteiger partial charge in [0.2, 0.25) is 0 Å². The van der Waals surface area contributed by atoms with Gasteiger partial charge in [-0.1, -0.05) is 12.1 Å². The number of nitrogens with one attached hydrogen (secondary N) is 1. The van der Waals surface area contributed by atoms with E-state index in [-0.39, 0.29) is 12.5 Å².